The van der Waals surface area contributed by atoms with Gasteiger partial charge in [0.2, 0.25) is 0 Å². The first kappa shape index (κ1) is 81.4. The van der Waals surface area contributed by atoms with Crippen LogP contribution in [0.15, 0.2) is 453 Å². The molecule has 0 fully saturated rings. The summed E-state index contributed by atoms with van der Waals surface area (Å²) in [6, 6.07) is 155. The molecule has 0 saturated carbocycles. The van der Waals surface area contributed by atoms with Crippen molar-refractivity contribution >= 4 is 194 Å². The average Bonchev–Trinajstić information content (AvgIpc) is 1.60. The molecule has 0 amide bonds. The van der Waals surface area contributed by atoms with Crippen LogP contribution in [0.5, 0.6) is 0 Å². The quantitative estimate of drug-likeness (QED) is 0.125. The molecule has 28 aromatic rings. The van der Waals surface area contributed by atoms with Crippen LogP contribution in [0.3, 0.4) is 0 Å². The predicted molar refractivity (Wildman–Crippen MR) is 577 cm³/mol. The highest BCUT2D eigenvalue weighted by atomic mass is 32.1. The van der Waals surface area contributed by atoms with E-state index < -0.39 is 0 Å². The normalized spacial score (nSPS) is 11.5. The van der Waals surface area contributed by atoms with Crippen LogP contribution in [0.25, 0.3) is 258 Å². The summed E-state index contributed by atoms with van der Waals surface area (Å²) < 4.78 is 13.8. The van der Waals surface area contributed by atoms with E-state index in [2.05, 4.69) is 370 Å². The number of thiophene rings is 1. The van der Waals surface area contributed by atoms with Crippen molar-refractivity contribution in [3.05, 3.63) is 449 Å². The highest BCUT2D eigenvalue weighted by Gasteiger charge is 2.22. The van der Waals surface area contributed by atoms with Gasteiger partial charge in [-0.25, -0.2) is 34.9 Å². The molecule has 28 rings (SSSR count). The van der Waals surface area contributed by atoms with Crippen molar-refractivity contribution in [2.24, 2.45) is 0 Å². The number of furan rings is 1. The number of hydrogen-bond donors (Lipinski definition) is 0. The smallest absolute Gasteiger partial charge is 0.164 e. The summed E-state index contributed by atoms with van der Waals surface area (Å²) >= 11 is 8.84. The highest BCUT2D eigenvalue weighted by Crippen LogP contribution is 2.46. The molecular formula is C122H74N8OS5. The number of benzene rings is 20. The van der Waals surface area contributed by atoms with E-state index in [9.17, 15) is 0 Å². The maximum absolute atomic E-state index is 6.29. The number of hydrogen-bond acceptors (Lipinski definition) is 14. The summed E-state index contributed by atoms with van der Waals surface area (Å²) in [5.74, 6) is 1.92. The Morgan fingerprint density at radius 2 is 0.515 bits per heavy atom. The maximum atomic E-state index is 6.29. The average molecular weight is 1830 g/mol. The third kappa shape index (κ3) is 15.5. The van der Waals surface area contributed by atoms with Crippen molar-refractivity contribution in [3.8, 4) is 121 Å². The number of thiazole rings is 4. The van der Waals surface area contributed by atoms with E-state index in [1.165, 1.54) is 99.6 Å². The zero-order valence-corrected chi connectivity index (χ0v) is 76.8. The van der Waals surface area contributed by atoms with Gasteiger partial charge in [0.25, 0.3) is 0 Å². The first-order valence-electron chi connectivity index (χ1n) is 45.0. The van der Waals surface area contributed by atoms with E-state index >= 15 is 0 Å². The maximum Gasteiger partial charge on any atom is 0.164 e. The zero-order chi connectivity index (χ0) is 89.9. The molecule has 9 nitrogen and oxygen atoms in total. The van der Waals surface area contributed by atoms with Crippen molar-refractivity contribution in [3.63, 3.8) is 0 Å². The van der Waals surface area contributed by atoms with E-state index in [4.69, 9.17) is 44.3 Å². The zero-order valence-electron chi connectivity index (χ0n) is 72.8. The Morgan fingerprint density at radius 3 is 1.01 bits per heavy atom. The van der Waals surface area contributed by atoms with Crippen molar-refractivity contribution in [2.45, 2.75) is 0 Å². The van der Waals surface area contributed by atoms with Gasteiger partial charge in [-0.3, -0.25) is 4.98 Å². The van der Waals surface area contributed by atoms with Crippen molar-refractivity contribution < 1.29 is 4.42 Å². The first-order chi connectivity index (χ1) is 67.3. The summed E-state index contributed by atoms with van der Waals surface area (Å²) in [7, 11) is 0. The molecule has 0 radical (unpaired) electrons. The molecule has 0 aliphatic heterocycles. The Bertz CT molecular complexity index is 9160. The molecule has 0 saturated heterocycles. The van der Waals surface area contributed by atoms with Gasteiger partial charge in [0.15, 0.2) is 17.5 Å². The van der Waals surface area contributed by atoms with E-state index in [-0.39, 0.29) is 0 Å². The molecule has 0 N–H and O–H groups in total. The fourth-order valence-electron chi connectivity index (χ4n) is 18.4. The molecule has 8 heterocycles. The molecule has 20 aromatic carbocycles. The number of pyridine rings is 1. The topological polar surface area (TPSA) is 116 Å². The lowest BCUT2D eigenvalue weighted by molar-refractivity contribution is 0.670. The van der Waals surface area contributed by atoms with Crippen LogP contribution < -0.4 is 0 Å². The van der Waals surface area contributed by atoms with Gasteiger partial charge in [-0.1, -0.05) is 376 Å². The molecular weight excluding hydrogens is 1750 g/mol. The van der Waals surface area contributed by atoms with Gasteiger partial charge in [0.05, 0.1) is 46.6 Å². The van der Waals surface area contributed by atoms with Gasteiger partial charge in [0.1, 0.15) is 31.2 Å². The second-order valence-corrected chi connectivity index (χ2v) is 38.7. The van der Waals surface area contributed by atoms with E-state index in [1.807, 2.05) is 90.3 Å². The van der Waals surface area contributed by atoms with Crippen LogP contribution in [0.2, 0.25) is 0 Å². The Kier molecular flexibility index (Phi) is 21.1. The summed E-state index contributed by atoms with van der Waals surface area (Å²) in [5, 5.41) is 21.0. The highest BCUT2D eigenvalue weighted by molar-refractivity contribution is 7.26. The number of nitrogens with zero attached hydrogens (tertiary/aromatic N) is 8. The van der Waals surface area contributed by atoms with Gasteiger partial charge in [-0.05, 0) is 121 Å². The third-order valence-corrected chi connectivity index (χ3v) is 30.6. The lowest BCUT2D eigenvalue weighted by atomic mass is 9.99. The minimum Gasteiger partial charge on any atom is -0.455 e. The molecule has 8 aromatic heterocycles. The number of para-hydroxylation sites is 2. The Labute approximate surface area is 801 Å². The summed E-state index contributed by atoms with van der Waals surface area (Å²) in [6.07, 6.45) is 1.89. The molecule has 0 atom stereocenters. The summed E-state index contributed by atoms with van der Waals surface area (Å²) in [6.45, 7) is 0. The predicted octanol–water partition coefficient (Wildman–Crippen LogP) is 35.1. The number of aromatic nitrogens is 8. The minimum atomic E-state index is 0.633. The molecule has 638 valence electrons. The van der Waals surface area contributed by atoms with Crippen LogP contribution in [0.1, 0.15) is 0 Å². The van der Waals surface area contributed by atoms with Crippen LogP contribution in [0.4, 0.5) is 0 Å². The monoisotopic (exact) mass is 1830 g/mol. The molecule has 14 heteroatoms. The standard InChI is InChI=1S/C38H24N4S.C29H17NOS.C29H17NS2.C26H16N2S/c1-4-10-25(11-5-1)26-16-19-29(20-17-26)36-40-35(28-12-6-2-7-13-28)41-37(42-36)31-21-18-27-22-23-33-34(32(27)24-31)39-38(43-33)30-14-8-3-9-15-30;2*1-2-7-19(8-3-1)29-30-27-24-17-20(14-13-18(24)15-16-26(27)32-29)21-10-6-11-23-22-9-4-5-12-25(22)31-28(21)23;1-2-7-19(8-3-1)26-28-25-22-16-20(11-10-18(22)12-13-23(25)29-26)24-21-9-5-4-6-17(21)14-15-27-24/h1-24H;2*1-17H;1-16H. The molecule has 0 aliphatic rings. The fraction of sp³-hybridized carbons (Fsp3) is 0. The largest absolute Gasteiger partial charge is 0.455 e. The van der Waals surface area contributed by atoms with Crippen molar-refractivity contribution in [1.29, 1.82) is 0 Å². The van der Waals surface area contributed by atoms with Crippen molar-refractivity contribution in [2.75, 3.05) is 0 Å². The van der Waals surface area contributed by atoms with Gasteiger partial charge in [0, 0.05) is 114 Å². The van der Waals surface area contributed by atoms with E-state index in [0.717, 1.165) is 141 Å². The Morgan fingerprint density at radius 1 is 0.184 bits per heavy atom. The summed E-state index contributed by atoms with van der Waals surface area (Å²) in [5.41, 5.74) is 22.8. The molecule has 136 heavy (non-hydrogen) atoms. The lowest BCUT2D eigenvalue weighted by Gasteiger charge is -2.10. The minimum absolute atomic E-state index is 0.633. The first-order valence-corrected chi connectivity index (χ1v) is 49.1. The van der Waals surface area contributed by atoms with Crippen LogP contribution >= 0.6 is 56.7 Å². The van der Waals surface area contributed by atoms with E-state index in [0.29, 0.717) is 17.5 Å². The Hall–Kier alpha value is -16.6. The number of fused-ring (bicyclic) bond motifs is 19. The molecule has 0 unspecified atom stereocenters. The van der Waals surface area contributed by atoms with Gasteiger partial charge in [-0.2, -0.15) is 0 Å². The van der Waals surface area contributed by atoms with Gasteiger partial charge < -0.3 is 4.42 Å². The fourth-order valence-corrected chi connectivity index (χ4v) is 23.6. The second-order valence-electron chi connectivity index (χ2n) is 33.5. The van der Waals surface area contributed by atoms with E-state index in [1.54, 1.807) is 45.3 Å². The van der Waals surface area contributed by atoms with Crippen LogP contribution in [-0.2, 0) is 0 Å². The van der Waals surface area contributed by atoms with Crippen LogP contribution in [0, 0.1) is 0 Å². The second kappa shape index (κ2) is 35.2. The molecule has 0 aliphatic carbocycles. The lowest BCUT2D eigenvalue weighted by Crippen LogP contribution is -2.00. The van der Waals surface area contributed by atoms with Crippen molar-refractivity contribution in [1.82, 2.24) is 39.9 Å². The summed E-state index contributed by atoms with van der Waals surface area (Å²) in [4.78, 5) is 39.8. The van der Waals surface area contributed by atoms with Gasteiger partial charge in [-0.15, -0.1) is 56.7 Å². The van der Waals surface area contributed by atoms with Crippen LogP contribution in [-0.4, -0.2) is 39.9 Å². The SMILES string of the molecule is c1ccc(-c2ccc(-c3nc(-c4ccccc4)nc(-c4ccc5ccc6sc(-c7ccccc7)nc6c5c4)n3)cc2)cc1.c1ccc(-c2nc3c(ccc4ccc(-c5cccc6c5oc5ccccc56)cc43)s2)cc1.c1ccc(-c2nc3c(ccc4ccc(-c5cccc6c5sc5ccccc56)cc43)s2)cc1.c1ccc(-c2nc3c(ccc4ccc(-c5nccc6ccccc56)cc43)s2)cc1. The van der Waals surface area contributed by atoms with Gasteiger partial charge >= 0.3 is 0 Å². The Balaban J connectivity index is 0.0000000976. The third-order valence-electron chi connectivity index (χ3n) is 25.1. The molecule has 0 bridgehead atoms. The molecule has 0 spiro atoms. The number of rotatable bonds is 11.